The van der Waals surface area contributed by atoms with E-state index in [2.05, 4.69) is 20.8 Å². The largest absolute Gasteiger partial charge is 0.456 e. The van der Waals surface area contributed by atoms with Gasteiger partial charge in [0.15, 0.2) is 0 Å². The SMILES string of the molecule is CO[C@H]1S[C@@H]2[C@@H](NC(=O)Cn3cnnn3)C(=O)N2C(C(=O)OCc2ccccc2)=C1C. The zero-order valence-electron chi connectivity index (χ0n) is 16.8. The average Bonchev–Trinajstić information content (AvgIpc) is 3.29. The molecule has 0 aliphatic carbocycles. The maximum Gasteiger partial charge on any atom is 0.355 e. The minimum absolute atomic E-state index is 0.0834. The molecular weight excluding hydrogens is 424 g/mol. The highest BCUT2D eigenvalue weighted by Gasteiger charge is 2.56. The van der Waals surface area contributed by atoms with E-state index in [1.807, 2.05) is 30.3 Å². The molecule has 1 aromatic heterocycles. The molecule has 11 nitrogen and oxygen atoms in total. The van der Waals surface area contributed by atoms with Crippen LogP contribution in [0.15, 0.2) is 47.9 Å². The first-order valence-electron chi connectivity index (χ1n) is 9.43. The van der Waals surface area contributed by atoms with E-state index in [4.69, 9.17) is 9.47 Å². The van der Waals surface area contributed by atoms with Crippen LogP contribution in [0.3, 0.4) is 0 Å². The Morgan fingerprint density at radius 3 is 2.71 bits per heavy atom. The van der Waals surface area contributed by atoms with Crippen LogP contribution in [0.2, 0.25) is 0 Å². The van der Waals surface area contributed by atoms with Crippen LogP contribution in [-0.2, 0) is 37.0 Å². The van der Waals surface area contributed by atoms with Gasteiger partial charge in [0.2, 0.25) is 5.91 Å². The fraction of sp³-hybridized carbons (Fsp3) is 0.368. The highest BCUT2D eigenvalue weighted by Crippen LogP contribution is 2.44. The highest BCUT2D eigenvalue weighted by atomic mass is 32.2. The molecular formula is C19H20N6O5S. The van der Waals surface area contributed by atoms with Crippen molar-refractivity contribution in [3.05, 3.63) is 53.5 Å². The molecule has 1 fully saturated rings. The summed E-state index contributed by atoms with van der Waals surface area (Å²) in [5.74, 6) is -1.41. The second-order valence-corrected chi connectivity index (χ2v) is 8.13. The van der Waals surface area contributed by atoms with Gasteiger partial charge in [-0.25, -0.2) is 9.48 Å². The minimum atomic E-state index is -0.795. The molecule has 2 aliphatic heterocycles. The Hall–Kier alpha value is -3.25. The fourth-order valence-electron chi connectivity index (χ4n) is 3.41. The third kappa shape index (κ3) is 4.16. The van der Waals surface area contributed by atoms with E-state index >= 15 is 0 Å². The molecule has 1 aromatic carbocycles. The van der Waals surface area contributed by atoms with Crippen molar-refractivity contribution in [2.45, 2.75) is 36.9 Å². The van der Waals surface area contributed by atoms with E-state index in [-0.39, 0.29) is 24.8 Å². The van der Waals surface area contributed by atoms with Crippen LogP contribution >= 0.6 is 11.8 Å². The van der Waals surface area contributed by atoms with E-state index in [0.717, 1.165) is 5.56 Å². The van der Waals surface area contributed by atoms with Crippen LogP contribution in [-0.4, -0.2) is 66.9 Å². The van der Waals surface area contributed by atoms with Crippen molar-refractivity contribution < 1.29 is 23.9 Å². The van der Waals surface area contributed by atoms with Crippen LogP contribution in [0.25, 0.3) is 0 Å². The van der Waals surface area contributed by atoms with Crippen molar-refractivity contribution in [3.63, 3.8) is 0 Å². The van der Waals surface area contributed by atoms with Gasteiger partial charge in [-0.15, -0.1) is 5.10 Å². The van der Waals surface area contributed by atoms with Gasteiger partial charge in [0.05, 0.1) is 0 Å². The number of rotatable bonds is 7. The van der Waals surface area contributed by atoms with Gasteiger partial charge in [-0.2, -0.15) is 0 Å². The Labute approximate surface area is 181 Å². The zero-order chi connectivity index (χ0) is 22.0. The van der Waals surface area contributed by atoms with Gasteiger partial charge in [-0.3, -0.25) is 14.5 Å². The number of aromatic nitrogens is 4. The number of benzene rings is 1. The van der Waals surface area contributed by atoms with Crippen LogP contribution in [0.1, 0.15) is 12.5 Å². The summed E-state index contributed by atoms with van der Waals surface area (Å²) in [7, 11) is 1.52. The monoisotopic (exact) mass is 444 g/mol. The van der Waals surface area contributed by atoms with Gasteiger partial charge in [-0.1, -0.05) is 42.1 Å². The molecule has 0 bridgehead atoms. The van der Waals surface area contributed by atoms with Gasteiger partial charge >= 0.3 is 5.97 Å². The number of nitrogens with one attached hydrogen (secondary N) is 1. The van der Waals surface area contributed by atoms with Crippen molar-refractivity contribution in [1.29, 1.82) is 0 Å². The number of β-lactam (4-membered cyclic amide) rings is 1. The summed E-state index contributed by atoms with van der Waals surface area (Å²) in [5.41, 5.74) is 1.13. The number of methoxy groups -OCH3 is 1. The summed E-state index contributed by atoms with van der Waals surface area (Å²) in [6.07, 6.45) is 1.30. The molecule has 3 atom stereocenters. The Bertz CT molecular complexity index is 1010. The Morgan fingerprint density at radius 2 is 2.03 bits per heavy atom. The smallest absolute Gasteiger partial charge is 0.355 e. The molecule has 1 saturated heterocycles. The van der Waals surface area contributed by atoms with Crippen LogP contribution in [0, 0.1) is 0 Å². The molecule has 2 aliphatic rings. The topological polar surface area (TPSA) is 129 Å². The van der Waals surface area contributed by atoms with Crippen molar-refractivity contribution in [2.75, 3.05) is 7.11 Å². The predicted octanol–water partition coefficient (Wildman–Crippen LogP) is 0.0629. The third-order valence-electron chi connectivity index (χ3n) is 4.91. The lowest BCUT2D eigenvalue weighted by Crippen LogP contribution is -2.71. The molecule has 0 saturated carbocycles. The molecule has 3 heterocycles. The normalized spacial score (nSPS) is 22.6. The van der Waals surface area contributed by atoms with Gasteiger partial charge < -0.3 is 14.8 Å². The standard InChI is InChI=1S/C19H20N6O5S/c1-11-15(18(28)30-9-12-6-4-3-5-7-12)25-16(27)14(17(25)31-19(11)29-2)21-13(26)8-24-10-20-22-23-24/h3-7,10,14,17,19H,8-9H2,1-2H3,(H,21,26)/t14-,17+,19-/m0/s1. The van der Waals surface area contributed by atoms with Crippen molar-refractivity contribution >= 4 is 29.5 Å². The Kier molecular flexibility index (Phi) is 6.00. The predicted molar refractivity (Wildman–Crippen MR) is 108 cm³/mol. The molecule has 2 amide bonds. The minimum Gasteiger partial charge on any atom is -0.456 e. The highest BCUT2D eigenvalue weighted by molar-refractivity contribution is 8.00. The molecule has 162 valence electrons. The summed E-state index contributed by atoms with van der Waals surface area (Å²) in [6.45, 7) is 1.69. The molecule has 12 heteroatoms. The number of esters is 1. The lowest BCUT2D eigenvalue weighted by molar-refractivity contribution is -0.153. The van der Waals surface area contributed by atoms with Gasteiger partial charge in [0.1, 0.15) is 42.0 Å². The number of carbonyl (C=O) groups is 3. The van der Waals surface area contributed by atoms with Crippen molar-refractivity contribution in [3.8, 4) is 0 Å². The lowest BCUT2D eigenvalue weighted by Gasteiger charge is -2.51. The number of tetrazole rings is 1. The number of hydrogen-bond acceptors (Lipinski definition) is 9. The van der Waals surface area contributed by atoms with Gasteiger partial charge in [0, 0.05) is 7.11 Å². The molecule has 1 N–H and O–H groups in total. The second-order valence-electron chi connectivity index (χ2n) is 6.95. The number of thioether (sulfide) groups is 1. The third-order valence-corrected chi connectivity index (χ3v) is 6.46. The maximum atomic E-state index is 12.9. The number of hydrogen-bond donors (Lipinski definition) is 1. The van der Waals surface area contributed by atoms with Crippen LogP contribution in [0.5, 0.6) is 0 Å². The summed E-state index contributed by atoms with van der Waals surface area (Å²) >= 11 is 1.34. The van der Waals surface area contributed by atoms with Crippen LogP contribution < -0.4 is 5.32 Å². The maximum absolute atomic E-state index is 12.9. The molecule has 2 aromatic rings. The summed E-state index contributed by atoms with van der Waals surface area (Å²) < 4.78 is 12.2. The van der Waals surface area contributed by atoms with Crippen LogP contribution in [0.4, 0.5) is 0 Å². The number of fused-ring (bicyclic) bond motifs is 1. The van der Waals surface area contributed by atoms with Crippen molar-refractivity contribution in [1.82, 2.24) is 30.4 Å². The number of amides is 2. The lowest BCUT2D eigenvalue weighted by atomic mass is 10.0. The number of ether oxygens (including phenoxy) is 2. The Morgan fingerprint density at radius 1 is 1.26 bits per heavy atom. The van der Waals surface area contributed by atoms with E-state index in [9.17, 15) is 14.4 Å². The molecule has 0 radical (unpaired) electrons. The summed E-state index contributed by atoms with van der Waals surface area (Å²) in [6, 6.07) is 8.47. The van der Waals surface area contributed by atoms with E-state index < -0.39 is 28.7 Å². The summed E-state index contributed by atoms with van der Waals surface area (Å²) in [4.78, 5) is 39.3. The van der Waals surface area contributed by atoms with E-state index in [1.54, 1.807) is 6.92 Å². The number of nitrogens with zero attached hydrogens (tertiary/aromatic N) is 5. The zero-order valence-corrected chi connectivity index (χ0v) is 17.6. The Balaban J connectivity index is 1.47. The first-order chi connectivity index (χ1) is 15.0. The molecule has 0 unspecified atom stereocenters. The molecule has 4 rings (SSSR count). The van der Waals surface area contributed by atoms with Gasteiger partial charge in [-0.05, 0) is 28.5 Å². The quantitative estimate of drug-likeness (QED) is 0.466. The molecule has 31 heavy (non-hydrogen) atoms. The second kappa shape index (κ2) is 8.86. The van der Waals surface area contributed by atoms with E-state index in [1.165, 1.54) is 34.8 Å². The number of carbonyl (C=O) groups excluding carboxylic acids is 3. The van der Waals surface area contributed by atoms with E-state index in [0.29, 0.717) is 5.57 Å². The fourth-order valence-corrected chi connectivity index (χ4v) is 4.76. The van der Waals surface area contributed by atoms with Crippen molar-refractivity contribution in [2.24, 2.45) is 0 Å². The average molecular weight is 444 g/mol. The molecule has 0 spiro atoms. The summed E-state index contributed by atoms with van der Waals surface area (Å²) in [5, 5.41) is 12.8. The first-order valence-corrected chi connectivity index (χ1v) is 10.4. The first kappa shape index (κ1) is 21.0. The van der Waals surface area contributed by atoms with Gasteiger partial charge in [0.25, 0.3) is 5.91 Å².